The lowest BCUT2D eigenvalue weighted by Gasteiger charge is -2.35. The summed E-state index contributed by atoms with van der Waals surface area (Å²) < 4.78 is 17.3. The van der Waals surface area contributed by atoms with Crippen LogP contribution in [0.25, 0.3) is 0 Å². The first-order valence-corrected chi connectivity index (χ1v) is 7.44. The summed E-state index contributed by atoms with van der Waals surface area (Å²) in [5.41, 5.74) is 1.08. The molecule has 0 radical (unpaired) electrons. The van der Waals surface area contributed by atoms with Gasteiger partial charge < -0.3 is 14.2 Å². The second-order valence-corrected chi connectivity index (χ2v) is 5.94. The van der Waals surface area contributed by atoms with E-state index in [1.165, 1.54) is 0 Å². The lowest BCUT2D eigenvalue weighted by molar-refractivity contribution is -0.192. The highest BCUT2D eigenvalue weighted by atomic mass is 32.1. The fourth-order valence-corrected chi connectivity index (χ4v) is 3.33. The molecular formula is C13H19NO3S. The lowest BCUT2D eigenvalue weighted by Crippen LogP contribution is -2.37. The molecule has 2 fully saturated rings. The van der Waals surface area contributed by atoms with Crippen LogP contribution in [0.15, 0.2) is 5.38 Å². The lowest BCUT2D eigenvalue weighted by atomic mass is 9.92. The van der Waals surface area contributed by atoms with Gasteiger partial charge in [-0.25, -0.2) is 4.98 Å². The van der Waals surface area contributed by atoms with Gasteiger partial charge in [0.25, 0.3) is 0 Å². The van der Waals surface area contributed by atoms with Crippen LogP contribution >= 0.6 is 11.3 Å². The molecular weight excluding hydrogens is 250 g/mol. The zero-order chi connectivity index (χ0) is 12.4. The van der Waals surface area contributed by atoms with Crippen LogP contribution in [-0.4, -0.2) is 30.1 Å². The summed E-state index contributed by atoms with van der Waals surface area (Å²) in [6.45, 7) is 4.13. The molecule has 0 N–H and O–H groups in total. The number of rotatable bonds is 3. The first kappa shape index (κ1) is 12.5. The molecule has 1 aliphatic carbocycles. The van der Waals surface area contributed by atoms with Crippen molar-refractivity contribution in [2.24, 2.45) is 0 Å². The third-order valence-corrected chi connectivity index (χ3v) is 4.56. The Morgan fingerprint density at radius 1 is 1.39 bits per heavy atom. The maximum atomic E-state index is 5.92. The van der Waals surface area contributed by atoms with E-state index in [4.69, 9.17) is 14.2 Å². The van der Waals surface area contributed by atoms with Crippen LogP contribution in [-0.2, 0) is 20.8 Å². The normalized spacial score (nSPS) is 23.8. The molecule has 18 heavy (non-hydrogen) atoms. The van der Waals surface area contributed by atoms with E-state index in [-0.39, 0.29) is 5.79 Å². The predicted molar refractivity (Wildman–Crippen MR) is 68.5 cm³/mol. The first-order valence-electron chi connectivity index (χ1n) is 6.56. The van der Waals surface area contributed by atoms with E-state index in [0.29, 0.717) is 12.7 Å². The molecule has 1 spiro atoms. The van der Waals surface area contributed by atoms with Gasteiger partial charge in [0.05, 0.1) is 25.9 Å². The Balaban J connectivity index is 1.45. The van der Waals surface area contributed by atoms with Crippen molar-refractivity contribution in [1.82, 2.24) is 4.98 Å². The summed E-state index contributed by atoms with van der Waals surface area (Å²) in [5.74, 6) is -0.280. The molecule has 1 saturated carbocycles. The number of aromatic nitrogens is 1. The molecule has 5 heteroatoms. The molecule has 2 heterocycles. The zero-order valence-electron chi connectivity index (χ0n) is 10.7. The number of thiazole rings is 1. The van der Waals surface area contributed by atoms with Crippen molar-refractivity contribution in [2.75, 3.05) is 13.2 Å². The van der Waals surface area contributed by atoms with Crippen LogP contribution in [0.2, 0.25) is 0 Å². The van der Waals surface area contributed by atoms with Crippen molar-refractivity contribution in [2.45, 2.75) is 51.1 Å². The molecule has 1 aromatic rings. The van der Waals surface area contributed by atoms with Crippen molar-refractivity contribution >= 4 is 11.3 Å². The third-order valence-electron chi connectivity index (χ3n) is 3.62. The Hall–Kier alpha value is -0.490. The Morgan fingerprint density at radius 3 is 2.72 bits per heavy atom. The van der Waals surface area contributed by atoms with Crippen LogP contribution in [0.5, 0.6) is 0 Å². The second kappa shape index (κ2) is 5.25. The van der Waals surface area contributed by atoms with Crippen LogP contribution in [0, 0.1) is 6.92 Å². The minimum Gasteiger partial charge on any atom is -0.371 e. The highest BCUT2D eigenvalue weighted by Gasteiger charge is 2.40. The number of aryl methyl sites for hydroxylation is 1. The van der Waals surface area contributed by atoms with Crippen LogP contribution in [0.4, 0.5) is 0 Å². The number of hydrogen-bond acceptors (Lipinski definition) is 5. The van der Waals surface area contributed by atoms with E-state index in [0.717, 1.165) is 49.6 Å². The van der Waals surface area contributed by atoms with Crippen LogP contribution < -0.4 is 0 Å². The largest absolute Gasteiger partial charge is 0.371 e. The zero-order valence-corrected chi connectivity index (χ0v) is 11.5. The van der Waals surface area contributed by atoms with Gasteiger partial charge in [-0.2, -0.15) is 0 Å². The molecule has 1 aliphatic heterocycles. The smallest absolute Gasteiger partial charge is 0.168 e. The van der Waals surface area contributed by atoms with E-state index in [9.17, 15) is 0 Å². The highest BCUT2D eigenvalue weighted by molar-refractivity contribution is 7.09. The Bertz CT molecular complexity index is 391. The maximum Gasteiger partial charge on any atom is 0.168 e. The van der Waals surface area contributed by atoms with E-state index in [2.05, 4.69) is 10.4 Å². The third kappa shape index (κ3) is 2.74. The van der Waals surface area contributed by atoms with Gasteiger partial charge in [-0.15, -0.1) is 11.3 Å². The number of ether oxygens (including phenoxy) is 3. The fourth-order valence-electron chi connectivity index (χ4n) is 2.64. The number of nitrogens with zero attached hydrogens (tertiary/aromatic N) is 1. The molecule has 4 nitrogen and oxygen atoms in total. The van der Waals surface area contributed by atoms with Gasteiger partial charge in [0.15, 0.2) is 5.79 Å². The van der Waals surface area contributed by atoms with Crippen molar-refractivity contribution in [3.05, 3.63) is 16.1 Å². The van der Waals surface area contributed by atoms with Gasteiger partial charge >= 0.3 is 0 Å². The monoisotopic (exact) mass is 269 g/mol. The molecule has 0 bridgehead atoms. The van der Waals surface area contributed by atoms with Crippen LogP contribution in [0.1, 0.15) is 36.4 Å². The van der Waals surface area contributed by atoms with Gasteiger partial charge in [-0.05, 0) is 19.8 Å². The summed E-state index contributed by atoms with van der Waals surface area (Å²) in [4.78, 5) is 4.41. The summed E-state index contributed by atoms with van der Waals surface area (Å²) in [7, 11) is 0. The van der Waals surface area contributed by atoms with Crippen LogP contribution in [0.3, 0.4) is 0 Å². The maximum absolute atomic E-state index is 5.92. The Morgan fingerprint density at radius 2 is 2.11 bits per heavy atom. The van der Waals surface area contributed by atoms with Crippen molar-refractivity contribution in [1.29, 1.82) is 0 Å². The highest BCUT2D eigenvalue weighted by Crippen LogP contribution is 2.36. The minimum atomic E-state index is -0.280. The van der Waals surface area contributed by atoms with E-state index < -0.39 is 0 Å². The van der Waals surface area contributed by atoms with E-state index in [1.54, 1.807) is 11.3 Å². The molecule has 2 aliphatic rings. The average Bonchev–Trinajstić information content (AvgIpc) is 2.99. The van der Waals surface area contributed by atoms with Gasteiger partial charge in [-0.3, -0.25) is 0 Å². The summed E-state index contributed by atoms with van der Waals surface area (Å²) in [5, 5.41) is 3.13. The molecule has 0 unspecified atom stereocenters. The summed E-state index contributed by atoms with van der Waals surface area (Å²) in [6.07, 6.45) is 4.27. The van der Waals surface area contributed by atoms with E-state index in [1.807, 2.05) is 6.92 Å². The van der Waals surface area contributed by atoms with Gasteiger partial charge in [0.1, 0.15) is 5.01 Å². The average molecular weight is 269 g/mol. The quantitative estimate of drug-likeness (QED) is 0.846. The van der Waals surface area contributed by atoms with Crippen molar-refractivity contribution in [3.8, 4) is 0 Å². The van der Waals surface area contributed by atoms with E-state index >= 15 is 0 Å². The fraction of sp³-hybridized carbons (Fsp3) is 0.769. The number of hydrogen-bond donors (Lipinski definition) is 0. The molecule has 1 aromatic heterocycles. The first-order chi connectivity index (χ1) is 8.76. The summed E-state index contributed by atoms with van der Waals surface area (Å²) in [6, 6.07) is 0. The molecule has 3 rings (SSSR count). The molecule has 0 aromatic carbocycles. The van der Waals surface area contributed by atoms with Crippen molar-refractivity contribution < 1.29 is 14.2 Å². The second-order valence-electron chi connectivity index (χ2n) is 5.00. The Labute approximate surface area is 111 Å². The topological polar surface area (TPSA) is 40.6 Å². The molecule has 0 atom stereocenters. The van der Waals surface area contributed by atoms with Gasteiger partial charge in [0, 0.05) is 23.9 Å². The van der Waals surface area contributed by atoms with Gasteiger partial charge in [-0.1, -0.05) is 0 Å². The SMILES string of the molecule is Cc1csc(COC2CCC3(CC2)OCCO3)n1. The molecule has 1 saturated heterocycles. The molecule has 0 amide bonds. The van der Waals surface area contributed by atoms with Gasteiger partial charge in [0.2, 0.25) is 0 Å². The molecule has 100 valence electrons. The minimum absolute atomic E-state index is 0.280. The van der Waals surface area contributed by atoms with Crippen molar-refractivity contribution in [3.63, 3.8) is 0 Å². The Kier molecular flexibility index (Phi) is 3.66. The predicted octanol–water partition coefficient (Wildman–Crippen LogP) is 2.65. The summed E-state index contributed by atoms with van der Waals surface area (Å²) >= 11 is 1.67. The standard InChI is InChI=1S/C13H19NO3S/c1-10-9-18-12(14-10)8-15-11-2-4-13(5-3-11)16-6-7-17-13/h9,11H,2-8H2,1H3.